The van der Waals surface area contributed by atoms with Crippen molar-refractivity contribution in [3.8, 4) is 0 Å². The molecule has 0 aromatic heterocycles. The normalized spacial score (nSPS) is 9.55. The summed E-state index contributed by atoms with van der Waals surface area (Å²) in [5.41, 5.74) is 2.48. The SMILES string of the molecule is C=Cc1ccccc1C[Si]Cl. The fourth-order valence-corrected chi connectivity index (χ4v) is 1.86. The van der Waals surface area contributed by atoms with Crippen LogP contribution in [0.15, 0.2) is 30.8 Å². The highest BCUT2D eigenvalue weighted by atomic mass is 35.6. The van der Waals surface area contributed by atoms with Crippen LogP contribution >= 0.6 is 11.1 Å². The van der Waals surface area contributed by atoms with Gasteiger partial charge in [0.15, 0.2) is 8.83 Å². The lowest BCUT2D eigenvalue weighted by atomic mass is 10.1. The van der Waals surface area contributed by atoms with Gasteiger partial charge in [0.1, 0.15) is 0 Å². The van der Waals surface area contributed by atoms with E-state index in [2.05, 4.69) is 18.7 Å². The van der Waals surface area contributed by atoms with Crippen molar-refractivity contribution in [1.82, 2.24) is 0 Å². The van der Waals surface area contributed by atoms with Crippen LogP contribution in [0.3, 0.4) is 0 Å². The van der Waals surface area contributed by atoms with Crippen molar-refractivity contribution in [2.45, 2.75) is 6.04 Å². The lowest BCUT2D eigenvalue weighted by Crippen LogP contribution is -1.91. The maximum atomic E-state index is 5.66. The van der Waals surface area contributed by atoms with E-state index in [0.717, 1.165) is 6.04 Å². The maximum absolute atomic E-state index is 5.66. The molecule has 11 heavy (non-hydrogen) atoms. The first-order valence-corrected chi connectivity index (χ1v) is 5.64. The third-order valence-electron chi connectivity index (χ3n) is 1.53. The van der Waals surface area contributed by atoms with Gasteiger partial charge in [-0.1, -0.05) is 36.9 Å². The Bertz CT molecular complexity index is 245. The van der Waals surface area contributed by atoms with Gasteiger partial charge in [-0.15, -0.1) is 0 Å². The molecular formula is C9H9ClSi. The zero-order chi connectivity index (χ0) is 8.10. The first-order chi connectivity index (χ1) is 5.38. The second-order valence-electron chi connectivity index (χ2n) is 2.21. The maximum Gasteiger partial charge on any atom is 0.176 e. The fourth-order valence-electron chi connectivity index (χ4n) is 0.966. The molecule has 0 aliphatic heterocycles. The molecule has 0 heterocycles. The molecular weight excluding hydrogens is 172 g/mol. The average Bonchev–Trinajstić information content (AvgIpc) is 2.06. The molecule has 0 atom stereocenters. The molecule has 0 bridgehead atoms. The lowest BCUT2D eigenvalue weighted by Gasteiger charge is -2.00. The molecule has 0 saturated carbocycles. The van der Waals surface area contributed by atoms with E-state index in [1.54, 1.807) is 0 Å². The zero-order valence-corrected chi connectivity index (χ0v) is 7.93. The minimum Gasteiger partial charge on any atom is -0.171 e. The molecule has 0 fully saturated rings. The summed E-state index contributed by atoms with van der Waals surface area (Å²) < 4.78 is 0. The van der Waals surface area contributed by atoms with Crippen LogP contribution in [0.2, 0.25) is 0 Å². The van der Waals surface area contributed by atoms with Gasteiger partial charge in [-0.2, -0.15) is 11.1 Å². The Kier molecular flexibility index (Phi) is 3.40. The van der Waals surface area contributed by atoms with Crippen LogP contribution in [-0.4, -0.2) is 8.83 Å². The van der Waals surface area contributed by atoms with Gasteiger partial charge < -0.3 is 0 Å². The van der Waals surface area contributed by atoms with E-state index in [1.807, 2.05) is 18.2 Å². The third-order valence-corrected chi connectivity index (χ3v) is 2.45. The van der Waals surface area contributed by atoms with Crippen LogP contribution in [0.5, 0.6) is 0 Å². The first kappa shape index (κ1) is 8.56. The second kappa shape index (κ2) is 4.37. The van der Waals surface area contributed by atoms with E-state index in [9.17, 15) is 0 Å². The Morgan fingerprint density at radius 2 is 2.18 bits per heavy atom. The molecule has 0 aliphatic carbocycles. The third kappa shape index (κ3) is 2.21. The molecule has 56 valence electrons. The van der Waals surface area contributed by atoms with Gasteiger partial charge in [0.05, 0.1) is 0 Å². The van der Waals surface area contributed by atoms with Crippen molar-refractivity contribution in [3.63, 3.8) is 0 Å². The topological polar surface area (TPSA) is 0 Å². The summed E-state index contributed by atoms with van der Waals surface area (Å²) in [4.78, 5) is 0. The summed E-state index contributed by atoms with van der Waals surface area (Å²) in [6.07, 6.45) is 1.87. The van der Waals surface area contributed by atoms with Gasteiger partial charge in [-0.25, -0.2) is 0 Å². The lowest BCUT2D eigenvalue weighted by molar-refractivity contribution is 1.38. The Hall–Kier alpha value is -0.533. The number of hydrogen-bond donors (Lipinski definition) is 0. The van der Waals surface area contributed by atoms with Crippen LogP contribution in [0.25, 0.3) is 6.08 Å². The van der Waals surface area contributed by atoms with Crippen LogP contribution in [0.4, 0.5) is 0 Å². The number of benzene rings is 1. The van der Waals surface area contributed by atoms with Gasteiger partial charge in [-0.3, -0.25) is 0 Å². The standard InChI is InChI=1S/C9H9ClSi/c1-2-8-5-3-4-6-9(8)7-11-10/h2-6H,1,7H2. The summed E-state index contributed by atoms with van der Waals surface area (Å²) in [5.74, 6) is 0. The summed E-state index contributed by atoms with van der Waals surface area (Å²) in [6.45, 7) is 3.73. The molecule has 0 saturated heterocycles. The van der Waals surface area contributed by atoms with Crippen molar-refractivity contribution in [2.75, 3.05) is 0 Å². The van der Waals surface area contributed by atoms with E-state index in [4.69, 9.17) is 11.1 Å². The molecule has 1 aromatic rings. The van der Waals surface area contributed by atoms with E-state index in [1.165, 1.54) is 11.1 Å². The Morgan fingerprint density at radius 1 is 1.45 bits per heavy atom. The van der Waals surface area contributed by atoms with Gasteiger partial charge in [0.2, 0.25) is 0 Å². The Morgan fingerprint density at radius 3 is 2.82 bits per heavy atom. The quantitative estimate of drug-likeness (QED) is 0.496. The predicted molar refractivity (Wildman–Crippen MR) is 51.8 cm³/mol. The largest absolute Gasteiger partial charge is 0.176 e. The Labute approximate surface area is 74.4 Å². The van der Waals surface area contributed by atoms with Crippen LogP contribution in [-0.2, 0) is 6.04 Å². The van der Waals surface area contributed by atoms with Crippen molar-refractivity contribution in [2.24, 2.45) is 0 Å². The van der Waals surface area contributed by atoms with Crippen LogP contribution in [0, 0.1) is 0 Å². The first-order valence-electron chi connectivity index (χ1n) is 3.42. The van der Waals surface area contributed by atoms with E-state index >= 15 is 0 Å². The van der Waals surface area contributed by atoms with Crippen LogP contribution < -0.4 is 0 Å². The molecule has 0 N–H and O–H groups in total. The molecule has 0 nitrogen and oxygen atoms in total. The highest BCUT2D eigenvalue weighted by Crippen LogP contribution is 2.10. The fraction of sp³-hybridized carbons (Fsp3) is 0.111. The summed E-state index contributed by atoms with van der Waals surface area (Å²) in [5, 5.41) is 0. The second-order valence-corrected chi connectivity index (χ2v) is 3.64. The van der Waals surface area contributed by atoms with Crippen molar-refractivity contribution in [1.29, 1.82) is 0 Å². The highest BCUT2D eigenvalue weighted by Gasteiger charge is 1.96. The number of rotatable bonds is 3. The molecule has 1 rings (SSSR count). The monoisotopic (exact) mass is 180 g/mol. The van der Waals surface area contributed by atoms with Gasteiger partial charge >= 0.3 is 0 Å². The van der Waals surface area contributed by atoms with Gasteiger partial charge in [0.25, 0.3) is 0 Å². The van der Waals surface area contributed by atoms with Gasteiger partial charge in [-0.05, 0) is 17.2 Å². The Balaban J connectivity index is 2.92. The van der Waals surface area contributed by atoms with E-state index < -0.39 is 0 Å². The summed E-state index contributed by atoms with van der Waals surface area (Å²) in [6, 6.07) is 9.13. The molecule has 2 heteroatoms. The van der Waals surface area contributed by atoms with Gasteiger partial charge in [0, 0.05) is 0 Å². The summed E-state index contributed by atoms with van der Waals surface area (Å²) in [7, 11) is 0.459. The van der Waals surface area contributed by atoms with E-state index in [-0.39, 0.29) is 0 Å². The minimum atomic E-state index is 0.459. The molecule has 0 unspecified atom stereocenters. The average molecular weight is 181 g/mol. The highest BCUT2D eigenvalue weighted by molar-refractivity contribution is 6.93. The van der Waals surface area contributed by atoms with E-state index in [0.29, 0.717) is 8.83 Å². The van der Waals surface area contributed by atoms with Crippen molar-refractivity contribution < 1.29 is 0 Å². The predicted octanol–water partition coefficient (Wildman–Crippen LogP) is 2.69. The summed E-state index contributed by atoms with van der Waals surface area (Å²) >= 11 is 5.66. The van der Waals surface area contributed by atoms with Crippen molar-refractivity contribution >= 4 is 26.0 Å². The molecule has 0 amide bonds. The zero-order valence-electron chi connectivity index (χ0n) is 6.18. The number of hydrogen-bond acceptors (Lipinski definition) is 0. The molecule has 2 radical (unpaired) electrons. The van der Waals surface area contributed by atoms with Crippen LogP contribution in [0.1, 0.15) is 11.1 Å². The molecule has 0 aliphatic rings. The molecule has 0 spiro atoms. The minimum absolute atomic E-state index is 0.459. The molecule has 1 aromatic carbocycles. The smallest absolute Gasteiger partial charge is 0.171 e. The van der Waals surface area contributed by atoms with Crippen molar-refractivity contribution in [3.05, 3.63) is 42.0 Å². The number of halogens is 1.